The number of hydrogen-bond acceptors (Lipinski definition) is 3. The van der Waals surface area contributed by atoms with Crippen LogP contribution in [0.25, 0.3) is 64.9 Å². The number of pyridine rings is 2. The van der Waals surface area contributed by atoms with Gasteiger partial charge in [-0.2, -0.15) is 11.3 Å². The van der Waals surface area contributed by atoms with E-state index in [2.05, 4.69) is 91.4 Å². The number of hydrogen-bond donors (Lipinski definition) is 0. The largest absolute Gasteiger partial charge is 0.305 e. The average molecular weight is 934 g/mol. The van der Waals surface area contributed by atoms with E-state index in [-0.39, 0.29) is 25.7 Å². The van der Waals surface area contributed by atoms with Crippen molar-refractivity contribution in [2.24, 2.45) is 0 Å². The molecule has 0 aliphatic heterocycles. The first-order chi connectivity index (χ1) is 27.8. The summed E-state index contributed by atoms with van der Waals surface area (Å²) in [6.45, 7) is 12.1. The van der Waals surface area contributed by atoms with Crippen molar-refractivity contribution < 1.29 is 27.0 Å². The Morgan fingerprint density at radius 3 is 2.09 bits per heavy atom. The van der Waals surface area contributed by atoms with Gasteiger partial charge >= 0.3 is 0 Å². The Hall–Kier alpha value is -4.51. The van der Waals surface area contributed by atoms with Gasteiger partial charge in [0.15, 0.2) is 0 Å². The first kappa shape index (κ1) is 33.8. The van der Waals surface area contributed by atoms with Crippen molar-refractivity contribution in [2.75, 3.05) is 0 Å². The molecule has 0 aliphatic rings. The predicted octanol–water partition coefficient (Wildman–Crippen LogP) is 13.9. The molecule has 8 aromatic rings. The average Bonchev–Trinajstić information content (AvgIpc) is 3.59. The van der Waals surface area contributed by atoms with Crippen LogP contribution in [0.5, 0.6) is 0 Å². The molecule has 279 valence electrons. The molecule has 0 N–H and O–H groups in total. The molecule has 2 nitrogen and oxygen atoms in total. The van der Waals surface area contributed by atoms with E-state index in [1.165, 1.54) is 36.5 Å². The van der Waals surface area contributed by atoms with Crippen molar-refractivity contribution in [1.82, 2.24) is 9.97 Å². The fourth-order valence-corrected chi connectivity index (χ4v) is 9.64. The summed E-state index contributed by atoms with van der Waals surface area (Å²) < 4.78 is 43.3. The molecule has 3 heterocycles. The molecule has 0 amide bonds. The van der Waals surface area contributed by atoms with Crippen LogP contribution in [-0.4, -0.2) is 18.0 Å². The van der Waals surface area contributed by atoms with Gasteiger partial charge in [0.25, 0.3) is 0 Å². The van der Waals surface area contributed by atoms with Crippen LogP contribution in [0.15, 0.2) is 134 Å². The van der Waals surface area contributed by atoms with Gasteiger partial charge in [-0.1, -0.05) is 161 Å². The van der Waals surface area contributed by atoms with Crippen molar-refractivity contribution in [3.63, 3.8) is 0 Å². The summed E-state index contributed by atoms with van der Waals surface area (Å²) in [6.07, 6.45) is 3.71. The zero-order valence-corrected chi connectivity index (χ0v) is 36.5. The maximum atomic E-state index is 8.66. The predicted molar refractivity (Wildman–Crippen MR) is 237 cm³/mol. The summed E-state index contributed by atoms with van der Waals surface area (Å²) in [5, 5.41) is 3.69. The molecule has 0 saturated heterocycles. The summed E-state index contributed by atoms with van der Waals surface area (Å²) in [7, 11) is -1.68. The SMILES string of the molecule is [2H]C(C)(C)c1ccnc(-c2[c-]ccc3c2sc2cccc(-c4ccccc4)c23)c1.[2H]C([2H])([2H])c1c[c-]c(-c2cc(C([2H])(C)C)c([Si](C)(C)C)cn2)cc1-c1ccccc1.[Ir]. The summed E-state index contributed by atoms with van der Waals surface area (Å²) in [5.74, 6) is -1.42. The third-order valence-electron chi connectivity index (χ3n) is 9.70. The van der Waals surface area contributed by atoms with E-state index in [1.807, 2.05) is 94.6 Å². The van der Waals surface area contributed by atoms with E-state index in [0.29, 0.717) is 11.3 Å². The van der Waals surface area contributed by atoms with Crippen LogP contribution in [0.3, 0.4) is 0 Å². The number of aromatic nitrogens is 2. The van der Waals surface area contributed by atoms with Crippen LogP contribution in [-0.2, 0) is 20.1 Å². The van der Waals surface area contributed by atoms with Gasteiger partial charge in [0.05, 0.1) is 8.07 Å². The second-order valence-corrected chi connectivity index (χ2v) is 21.2. The molecule has 0 bridgehead atoms. The van der Waals surface area contributed by atoms with Crippen LogP contribution in [0.1, 0.15) is 63.0 Å². The van der Waals surface area contributed by atoms with Gasteiger partial charge < -0.3 is 9.97 Å². The molecule has 0 aliphatic carbocycles. The van der Waals surface area contributed by atoms with Crippen LogP contribution >= 0.6 is 11.3 Å². The minimum atomic E-state index is -2.23. The van der Waals surface area contributed by atoms with Gasteiger partial charge in [0.2, 0.25) is 0 Å². The first-order valence-electron chi connectivity index (χ1n) is 20.8. The van der Waals surface area contributed by atoms with Gasteiger partial charge in [0, 0.05) is 44.1 Å². The van der Waals surface area contributed by atoms with Crippen LogP contribution in [0, 0.1) is 19.0 Å². The topological polar surface area (TPSA) is 25.8 Å². The van der Waals surface area contributed by atoms with Crippen molar-refractivity contribution in [3.05, 3.63) is 163 Å². The molecule has 8 rings (SSSR count). The summed E-state index contributed by atoms with van der Waals surface area (Å²) >= 11 is 1.79. The maximum Gasteiger partial charge on any atom is 0.0799 e. The van der Waals surface area contributed by atoms with E-state index in [1.54, 1.807) is 23.6 Å². The fourth-order valence-electron chi connectivity index (χ4n) is 6.83. The molecule has 1 radical (unpaired) electrons. The minimum Gasteiger partial charge on any atom is -0.305 e. The van der Waals surface area contributed by atoms with Crippen LogP contribution in [0.4, 0.5) is 0 Å². The molecule has 0 saturated carbocycles. The van der Waals surface area contributed by atoms with E-state index >= 15 is 0 Å². The second kappa shape index (κ2) is 17.1. The van der Waals surface area contributed by atoms with E-state index < -0.39 is 26.7 Å². The number of nitrogens with zero attached hydrogens (tertiary/aromatic N) is 2. The number of benzene rings is 5. The first-order valence-corrected chi connectivity index (χ1v) is 22.6. The van der Waals surface area contributed by atoms with E-state index in [0.717, 1.165) is 33.5 Å². The molecule has 5 aromatic carbocycles. The van der Waals surface area contributed by atoms with Crippen LogP contribution in [0.2, 0.25) is 19.6 Å². The zero-order chi connectivity index (χ0) is 42.3. The Labute approximate surface area is 353 Å². The number of thiophene rings is 1. The monoisotopic (exact) mass is 934 g/mol. The number of fused-ring (bicyclic) bond motifs is 3. The molecular formula is C50H48IrN2SSi-2. The second-order valence-electron chi connectivity index (χ2n) is 15.1. The molecule has 3 aromatic heterocycles. The van der Waals surface area contributed by atoms with E-state index in [4.69, 9.17) is 11.8 Å². The quantitative estimate of drug-likeness (QED) is 0.118. The molecule has 5 heteroatoms. The van der Waals surface area contributed by atoms with Crippen LogP contribution < -0.4 is 5.19 Å². The van der Waals surface area contributed by atoms with Crippen molar-refractivity contribution >= 4 is 44.8 Å². The fraction of sp³-hybridized carbons (Fsp3) is 0.200. The third-order valence-corrected chi connectivity index (χ3v) is 12.9. The Morgan fingerprint density at radius 2 is 1.44 bits per heavy atom. The Morgan fingerprint density at radius 1 is 0.727 bits per heavy atom. The summed E-state index contributed by atoms with van der Waals surface area (Å²) in [6, 6.07) is 46.6. The molecule has 0 unspecified atom stereocenters. The van der Waals surface area contributed by atoms with Crippen molar-refractivity contribution in [1.29, 1.82) is 0 Å². The molecule has 0 fully saturated rings. The van der Waals surface area contributed by atoms with Gasteiger partial charge in [-0.25, -0.2) is 0 Å². The number of rotatable bonds is 7. The van der Waals surface area contributed by atoms with Gasteiger partial charge in [0.1, 0.15) is 0 Å². The molecule has 55 heavy (non-hydrogen) atoms. The Balaban J connectivity index is 0.000000198. The van der Waals surface area contributed by atoms with Crippen molar-refractivity contribution in [3.8, 4) is 44.8 Å². The smallest absolute Gasteiger partial charge is 0.0799 e. The van der Waals surface area contributed by atoms with E-state index in [9.17, 15) is 0 Å². The number of aryl methyl sites for hydroxylation is 1. The molecule has 0 spiro atoms. The Bertz CT molecular complexity index is 2770. The summed E-state index contributed by atoms with van der Waals surface area (Å²) in [4.78, 5) is 9.31. The summed E-state index contributed by atoms with van der Waals surface area (Å²) in [5.41, 5.74) is 9.51. The standard InChI is InChI=1S/C26H20NS.C24H28NSi.Ir/c1-17(2)19-14-15-27-23(16-19)21-11-6-12-22-25-20(18-8-4-3-5-9-18)10-7-13-24(25)28-26(21)22;1-17(2)21-15-23(25-16-24(21)26(4,5)6)20-13-12-18(3)22(14-20)19-10-8-7-9-11-19;/h3-10,12-17H,1-2H3;7-12,14-17H,1-6H3;/q2*-1;/i17D;3D3,17D;. The van der Waals surface area contributed by atoms with Gasteiger partial charge in [-0.15, -0.1) is 53.1 Å². The third kappa shape index (κ3) is 8.66. The minimum absolute atomic E-state index is 0. The molecular weight excluding hydrogens is 881 g/mol. The normalized spacial score (nSPS) is 13.4. The molecule has 0 atom stereocenters. The van der Waals surface area contributed by atoms with Gasteiger partial charge in [-0.05, 0) is 67.3 Å². The van der Waals surface area contributed by atoms with Crippen molar-refractivity contribution in [2.45, 2.75) is 66.0 Å². The zero-order valence-electron chi connectivity index (χ0n) is 37.3. The van der Waals surface area contributed by atoms with Gasteiger partial charge in [-0.3, -0.25) is 0 Å². The Kier molecular flexibility index (Phi) is 10.5. The maximum absolute atomic E-state index is 8.66.